The van der Waals surface area contributed by atoms with Crippen molar-refractivity contribution in [2.75, 3.05) is 12.8 Å². The van der Waals surface area contributed by atoms with Gasteiger partial charge in [0, 0.05) is 13.6 Å². The molecule has 0 bridgehead atoms. The first-order valence-electron chi connectivity index (χ1n) is 4.57. The number of hydrogen-bond acceptors (Lipinski definition) is 5. The molecular weight excluding hydrogens is 200 g/mol. The molecule has 1 fully saturated rings. The molecule has 1 aromatic rings. The predicted molar refractivity (Wildman–Crippen MR) is 54.2 cm³/mol. The smallest absolute Gasteiger partial charge is 0.190 e. The van der Waals surface area contributed by atoms with Gasteiger partial charge >= 0.3 is 0 Å². The van der Waals surface area contributed by atoms with E-state index in [1.807, 2.05) is 17.9 Å². The van der Waals surface area contributed by atoms with Crippen molar-refractivity contribution in [2.45, 2.75) is 23.7 Å². The first-order valence-corrected chi connectivity index (χ1v) is 5.79. The van der Waals surface area contributed by atoms with Gasteiger partial charge in [0.05, 0.1) is 12.1 Å². The topological polar surface area (TPSA) is 63.0 Å². The summed E-state index contributed by atoms with van der Waals surface area (Å²) < 4.78 is 1.97. The Labute approximate surface area is 86.9 Å². The summed E-state index contributed by atoms with van der Waals surface area (Å²) in [5, 5.41) is 21.7. The molecule has 0 aliphatic carbocycles. The molecule has 2 rings (SSSR count). The van der Waals surface area contributed by atoms with Crippen LogP contribution in [0.15, 0.2) is 5.16 Å². The van der Waals surface area contributed by atoms with Gasteiger partial charge in [-0.05, 0) is 12.7 Å². The van der Waals surface area contributed by atoms with E-state index in [2.05, 4.69) is 15.5 Å². The van der Waals surface area contributed by atoms with Gasteiger partial charge in [0.15, 0.2) is 11.0 Å². The fourth-order valence-electron chi connectivity index (χ4n) is 1.72. The Kier molecular flexibility index (Phi) is 2.76. The second-order valence-electron chi connectivity index (χ2n) is 3.45. The molecule has 0 amide bonds. The molecular formula is C8H14N4OS. The van der Waals surface area contributed by atoms with Gasteiger partial charge in [-0.25, -0.2) is 0 Å². The Bertz CT molecular complexity index is 327. The molecule has 1 aliphatic heterocycles. The van der Waals surface area contributed by atoms with E-state index in [0.717, 1.165) is 17.4 Å². The van der Waals surface area contributed by atoms with Crippen LogP contribution in [0.25, 0.3) is 0 Å². The number of thioether (sulfide) groups is 1. The average Bonchev–Trinajstić information content (AvgIpc) is 2.72. The maximum absolute atomic E-state index is 9.39. The minimum absolute atomic E-state index is 0.142. The number of hydrogen-bond donors (Lipinski definition) is 2. The summed E-state index contributed by atoms with van der Waals surface area (Å²) in [5.74, 6) is 0.908. The van der Waals surface area contributed by atoms with E-state index in [1.165, 1.54) is 0 Å². The maximum atomic E-state index is 9.39. The van der Waals surface area contributed by atoms with E-state index >= 15 is 0 Å². The van der Waals surface area contributed by atoms with Crippen molar-refractivity contribution >= 4 is 11.8 Å². The van der Waals surface area contributed by atoms with Crippen LogP contribution in [0.3, 0.4) is 0 Å². The summed E-state index contributed by atoms with van der Waals surface area (Å²) in [5.41, 5.74) is 0. The van der Waals surface area contributed by atoms with Gasteiger partial charge in [-0.3, -0.25) is 0 Å². The van der Waals surface area contributed by atoms with Crippen molar-refractivity contribution in [3.8, 4) is 0 Å². The summed E-state index contributed by atoms with van der Waals surface area (Å²) in [6, 6.07) is 0.142. The minimum atomic E-state index is -0.255. The van der Waals surface area contributed by atoms with Crippen LogP contribution in [0.2, 0.25) is 0 Å². The van der Waals surface area contributed by atoms with Gasteiger partial charge in [-0.15, -0.1) is 10.2 Å². The maximum Gasteiger partial charge on any atom is 0.190 e. The zero-order valence-corrected chi connectivity index (χ0v) is 9.08. The SMILES string of the molecule is CSc1nnc([C@H]2C[C@H](O)CN2)n1C. The van der Waals surface area contributed by atoms with Gasteiger partial charge in [-0.1, -0.05) is 11.8 Å². The quantitative estimate of drug-likeness (QED) is 0.675. The lowest BCUT2D eigenvalue weighted by Gasteiger charge is -2.08. The highest BCUT2D eigenvalue weighted by molar-refractivity contribution is 7.98. The van der Waals surface area contributed by atoms with E-state index in [-0.39, 0.29) is 12.1 Å². The summed E-state index contributed by atoms with van der Waals surface area (Å²) >= 11 is 1.57. The fourth-order valence-corrected chi connectivity index (χ4v) is 2.21. The molecule has 2 N–H and O–H groups in total. The van der Waals surface area contributed by atoms with Crippen LogP contribution < -0.4 is 5.32 Å². The standard InChI is InChI=1S/C8H14N4OS/c1-12-7(10-11-8(12)14-2)6-3-5(13)4-9-6/h5-6,9,13H,3-4H2,1-2H3/t5-,6+/m0/s1. The van der Waals surface area contributed by atoms with Crippen LogP contribution in [0.5, 0.6) is 0 Å². The normalized spacial score (nSPS) is 27.1. The molecule has 14 heavy (non-hydrogen) atoms. The van der Waals surface area contributed by atoms with Crippen molar-refractivity contribution in [2.24, 2.45) is 7.05 Å². The van der Waals surface area contributed by atoms with Crippen molar-refractivity contribution in [3.05, 3.63) is 5.82 Å². The first-order chi connectivity index (χ1) is 6.72. The van der Waals surface area contributed by atoms with Crippen molar-refractivity contribution in [3.63, 3.8) is 0 Å². The Morgan fingerprint density at radius 3 is 2.86 bits per heavy atom. The van der Waals surface area contributed by atoms with Gasteiger partial charge < -0.3 is 15.0 Å². The van der Waals surface area contributed by atoms with E-state index in [0.29, 0.717) is 6.54 Å². The van der Waals surface area contributed by atoms with Crippen molar-refractivity contribution in [1.82, 2.24) is 20.1 Å². The van der Waals surface area contributed by atoms with Crippen molar-refractivity contribution in [1.29, 1.82) is 0 Å². The Hall–Kier alpha value is -0.590. The lowest BCUT2D eigenvalue weighted by Crippen LogP contribution is -2.17. The largest absolute Gasteiger partial charge is 0.392 e. The van der Waals surface area contributed by atoms with Crippen LogP contribution in [0.1, 0.15) is 18.3 Å². The molecule has 0 spiro atoms. The third-order valence-corrected chi connectivity index (χ3v) is 3.19. The highest BCUT2D eigenvalue weighted by Crippen LogP contribution is 2.23. The van der Waals surface area contributed by atoms with Crippen molar-refractivity contribution < 1.29 is 5.11 Å². The molecule has 1 aliphatic rings. The monoisotopic (exact) mass is 214 g/mol. The van der Waals surface area contributed by atoms with E-state index in [9.17, 15) is 5.11 Å². The van der Waals surface area contributed by atoms with Gasteiger partial charge in [0.25, 0.3) is 0 Å². The molecule has 0 radical (unpaired) electrons. The van der Waals surface area contributed by atoms with Crippen LogP contribution in [0.4, 0.5) is 0 Å². The second-order valence-corrected chi connectivity index (χ2v) is 4.23. The number of aliphatic hydroxyl groups excluding tert-OH is 1. The third kappa shape index (κ3) is 1.65. The molecule has 2 atom stereocenters. The highest BCUT2D eigenvalue weighted by Gasteiger charge is 2.27. The van der Waals surface area contributed by atoms with Crippen LogP contribution >= 0.6 is 11.8 Å². The molecule has 0 unspecified atom stereocenters. The molecule has 1 saturated heterocycles. The second kappa shape index (κ2) is 3.88. The number of rotatable bonds is 2. The zero-order valence-electron chi connectivity index (χ0n) is 8.27. The molecule has 2 heterocycles. The van der Waals surface area contributed by atoms with Crippen LogP contribution in [-0.4, -0.2) is 38.8 Å². The Balaban J connectivity index is 2.20. The molecule has 1 aromatic heterocycles. The number of aromatic nitrogens is 3. The molecule has 0 aromatic carbocycles. The lowest BCUT2D eigenvalue weighted by atomic mass is 10.2. The van der Waals surface area contributed by atoms with Crippen LogP contribution in [0, 0.1) is 0 Å². The highest BCUT2D eigenvalue weighted by atomic mass is 32.2. The summed E-state index contributed by atoms with van der Waals surface area (Å²) in [7, 11) is 1.95. The predicted octanol–water partition coefficient (Wildman–Crippen LogP) is -0.0677. The molecule has 6 heteroatoms. The van der Waals surface area contributed by atoms with E-state index in [4.69, 9.17) is 0 Å². The first kappa shape index (κ1) is 9.95. The van der Waals surface area contributed by atoms with Gasteiger partial charge in [-0.2, -0.15) is 0 Å². The molecule has 78 valence electrons. The summed E-state index contributed by atoms with van der Waals surface area (Å²) in [4.78, 5) is 0. The van der Waals surface area contributed by atoms with E-state index in [1.54, 1.807) is 11.8 Å². The number of nitrogens with one attached hydrogen (secondary N) is 1. The average molecular weight is 214 g/mol. The zero-order chi connectivity index (χ0) is 10.1. The minimum Gasteiger partial charge on any atom is -0.392 e. The summed E-state index contributed by atoms with van der Waals surface area (Å²) in [6.07, 6.45) is 2.44. The lowest BCUT2D eigenvalue weighted by molar-refractivity contribution is 0.192. The summed E-state index contributed by atoms with van der Waals surface area (Å²) in [6.45, 7) is 0.645. The molecule has 5 nitrogen and oxygen atoms in total. The van der Waals surface area contributed by atoms with Crippen LogP contribution in [-0.2, 0) is 7.05 Å². The fraction of sp³-hybridized carbons (Fsp3) is 0.750. The third-order valence-electron chi connectivity index (χ3n) is 2.47. The van der Waals surface area contributed by atoms with Gasteiger partial charge in [0.2, 0.25) is 0 Å². The Morgan fingerprint density at radius 1 is 1.57 bits per heavy atom. The number of β-amino-alcohol motifs (C(OH)–C–C–N with tert-alkyl or cyclic N) is 1. The number of nitrogens with zero attached hydrogens (tertiary/aromatic N) is 3. The molecule has 0 saturated carbocycles. The Morgan fingerprint density at radius 2 is 2.36 bits per heavy atom. The van der Waals surface area contributed by atoms with E-state index < -0.39 is 0 Å². The van der Waals surface area contributed by atoms with Gasteiger partial charge in [0.1, 0.15) is 0 Å². The number of aliphatic hydroxyl groups is 1.